The van der Waals surface area contributed by atoms with E-state index in [0.717, 1.165) is 0 Å². The highest BCUT2D eigenvalue weighted by Gasteiger charge is 2.36. The van der Waals surface area contributed by atoms with Crippen molar-refractivity contribution in [3.05, 3.63) is 35.4 Å². The first-order chi connectivity index (χ1) is 10.3. The number of hydrogen-bond acceptors (Lipinski definition) is 4. The van der Waals surface area contributed by atoms with Crippen molar-refractivity contribution in [2.45, 2.75) is 18.5 Å². The first kappa shape index (κ1) is 16.5. The second kappa shape index (κ2) is 6.48. The summed E-state index contributed by atoms with van der Waals surface area (Å²) < 4.78 is 42.0. The van der Waals surface area contributed by atoms with Crippen LogP contribution in [0, 0.1) is 0 Å². The third-order valence-electron chi connectivity index (χ3n) is 3.64. The van der Waals surface area contributed by atoms with Crippen LogP contribution >= 0.6 is 0 Å². The highest BCUT2D eigenvalue weighted by atomic mass is 19.4. The zero-order valence-electron chi connectivity index (χ0n) is 12.0. The summed E-state index contributed by atoms with van der Waals surface area (Å²) in [7, 11) is 1.26. The molecule has 1 heterocycles. The molecule has 1 saturated heterocycles. The van der Waals surface area contributed by atoms with E-state index < -0.39 is 24.6 Å². The van der Waals surface area contributed by atoms with Crippen molar-refractivity contribution in [1.29, 1.82) is 0 Å². The normalized spacial score (nSPS) is 20.0. The van der Waals surface area contributed by atoms with Crippen LogP contribution < -0.4 is 0 Å². The average molecular weight is 315 g/mol. The molecule has 0 aliphatic carbocycles. The lowest BCUT2D eigenvalue weighted by molar-refractivity contribution is -0.151. The molecule has 0 amide bonds. The van der Waals surface area contributed by atoms with Gasteiger partial charge in [-0.1, -0.05) is 12.1 Å². The van der Waals surface area contributed by atoms with Gasteiger partial charge in [-0.05, 0) is 17.7 Å². The number of methoxy groups -OCH3 is 1. The molecule has 2 rings (SSSR count). The van der Waals surface area contributed by atoms with Gasteiger partial charge in [0.25, 0.3) is 0 Å². The van der Waals surface area contributed by atoms with Crippen molar-refractivity contribution in [3.8, 4) is 0 Å². The van der Waals surface area contributed by atoms with Crippen LogP contribution in [0.3, 0.4) is 0 Å². The largest absolute Gasteiger partial charge is 0.465 e. The Kier molecular flexibility index (Phi) is 4.85. The molecule has 1 aliphatic rings. The standard InChI is InChI=1S/C15H16F3NO3/c1-22-14(21)11-4-2-10(3-5-11)12-8-19(7-6-13(12)20)9-15(16,17)18/h2-5,12H,6-9H2,1H3. The van der Waals surface area contributed by atoms with Crippen LogP contribution in [0.15, 0.2) is 24.3 Å². The Bertz CT molecular complexity index is 554. The summed E-state index contributed by atoms with van der Waals surface area (Å²) in [5, 5.41) is 0. The molecule has 1 aliphatic heterocycles. The van der Waals surface area contributed by atoms with E-state index in [-0.39, 0.29) is 25.3 Å². The average Bonchev–Trinajstić information content (AvgIpc) is 2.47. The molecule has 0 bridgehead atoms. The van der Waals surface area contributed by atoms with Crippen LogP contribution in [-0.4, -0.2) is 49.6 Å². The molecule has 120 valence electrons. The number of ketones is 1. The Morgan fingerprint density at radius 1 is 1.32 bits per heavy atom. The molecule has 0 spiro atoms. The molecular weight excluding hydrogens is 299 g/mol. The highest BCUT2D eigenvalue weighted by Crippen LogP contribution is 2.27. The van der Waals surface area contributed by atoms with Gasteiger partial charge < -0.3 is 4.74 Å². The smallest absolute Gasteiger partial charge is 0.401 e. The quantitative estimate of drug-likeness (QED) is 0.804. The van der Waals surface area contributed by atoms with Crippen LogP contribution in [-0.2, 0) is 9.53 Å². The predicted molar refractivity (Wildman–Crippen MR) is 72.6 cm³/mol. The summed E-state index contributed by atoms with van der Waals surface area (Å²) >= 11 is 0. The molecule has 0 saturated carbocycles. The minimum Gasteiger partial charge on any atom is -0.465 e. The highest BCUT2D eigenvalue weighted by molar-refractivity contribution is 5.90. The first-order valence-electron chi connectivity index (χ1n) is 6.80. The summed E-state index contributed by atoms with van der Waals surface area (Å²) in [6.07, 6.45) is -4.18. The second-order valence-electron chi connectivity index (χ2n) is 5.23. The fourth-order valence-corrected chi connectivity index (χ4v) is 2.55. The number of likely N-dealkylation sites (tertiary alicyclic amines) is 1. The van der Waals surface area contributed by atoms with Crippen molar-refractivity contribution >= 4 is 11.8 Å². The predicted octanol–water partition coefficient (Wildman–Crippen LogP) is 2.39. The number of esters is 1. The molecule has 7 heteroatoms. The number of benzene rings is 1. The lowest BCUT2D eigenvalue weighted by Crippen LogP contribution is -2.44. The number of halogens is 3. The summed E-state index contributed by atoms with van der Waals surface area (Å²) in [5.41, 5.74) is 0.950. The SMILES string of the molecule is COC(=O)c1ccc(C2CN(CC(F)(F)F)CCC2=O)cc1. The molecular formula is C15H16F3NO3. The van der Waals surface area contributed by atoms with Crippen molar-refractivity contribution < 1.29 is 27.5 Å². The molecule has 22 heavy (non-hydrogen) atoms. The van der Waals surface area contributed by atoms with E-state index in [1.807, 2.05) is 0 Å². The number of piperidine rings is 1. The van der Waals surface area contributed by atoms with Gasteiger partial charge in [-0.25, -0.2) is 4.79 Å². The van der Waals surface area contributed by atoms with E-state index >= 15 is 0 Å². The number of ether oxygens (including phenoxy) is 1. The van der Waals surface area contributed by atoms with E-state index in [0.29, 0.717) is 11.1 Å². The summed E-state index contributed by atoms with van der Waals surface area (Å²) in [6.45, 7) is -0.859. The van der Waals surface area contributed by atoms with E-state index in [1.54, 1.807) is 12.1 Å². The molecule has 0 N–H and O–H groups in total. The second-order valence-corrected chi connectivity index (χ2v) is 5.23. The number of Topliss-reactive ketones (excluding diaryl/α,β-unsaturated/α-hetero) is 1. The Hall–Kier alpha value is -1.89. The van der Waals surface area contributed by atoms with Gasteiger partial charge in [0.05, 0.1) is 25.1 Å². The van der Waals surface area contributed by atoms with E-state index in [2.05, 4.69) is 4.74 Å². The molecule has 1 fully saturated rings. The monoisotopic (exact) mass is 315 g/mol. The van der Waals surface area contributed by atoms with E-state index in [9.17, 15) is 22.8 Å². The Morgan fingerprint density at radius 2 is 1.95 bits per heavy atom. The van der Waals surface area contributed by atoms with E-state index in [4.69, 9.17) is 0 Å². The lowest BCUT2D eigenvalue weighted by atomic mass is 9.89. The minimum absolute atomic E-state index is 0.0376. The topological polar surface area (TPSA) is 46.6 Å². The van der Waals surface area contributed by atoms with Gasteiger partial charge >= 0.3 is 12.1 Å². The Labute approximate surface area is 125 Å². The Morgan fingerprint density at radius 3 is 2.50 bits per heavy atom. The van der Waals surface area contributed by atoms with Gasteiger partial charge in [-0.3, -0.25) is 9.69 Å². The molecule has 1 atom stereocenters. The first-order valence-corrected chi connectivity index (χ1v) is 6.80. The summed E-state index contributed by atoms with van der Waals surface area (Å²) in [5.74, 6) is -1.17. The molecule has 0 aromatic heterocycles. The molecule has 1 aromatic carbocycles. The lowest BCUT2D eigenvalue weighted by Gasteiger charge is -2.32. The summed E-state index contributed by atoms with van der Waals surface area (Å²) in [4.78, 5) is 24.6. The number of alkyl halides is 3. The minimum atomic E-state index is -4.28. The maximum atomic E-state index is 12.5. The van der Waals surface area contributed by atoms with Crippen molar-refractivity contribution in [2.24, 2.45) is 0 Å². The fraction of sp³-hybridized carbons (Fsp3) is 0.467. The van der Waals surface area contributed by atoms with Gasteiger partial charge in [-0.2, -0.15) is 13.2 Å². The number of carbonyl (C=O) groups excluding carboxylic acids is 2. The van der Waals surface area contributed by atoms with Gasteiger partial charge in [0.1, 0.15) is 5.78 Å². The van der Waals surface area contributed by atoms with Gasteiger partial charge in [0.15, 0.2) is 0 Å². The summed E-state index contributed by atoms with van der Waals surface area (Å²) in [6, 6.07) is 6.20. The van der Waals surface area contributed by atoms with Crippen LogP contribution in [0.1, 0.15) is 28.3 Å². The van der Waals surface area contributed by atoms with Gasteiger partial charge in [-0.15, -0.1) is 0 Å². The van der Waals surface area contributed by atoms with Crippen LogP contribution in [0.25, 0.3) is 0 Å². The zero-order chi connectivity index (χ0) is 16.3. The van der Waals surface area contributed by atoms with Crippen molar-refractivity contribution in [2.75, 3.05) is 26.7 Å². The zero-order valence-corrected chi connectivity index (χ0v) is 12.0. The molecule has 0 radical (unpaired) electrons. The molecule has 1 aromatic rings. The van der Waals surface area contributed by atoms with Crippen LogP contribution in [0.5, 0.6) is 0 Å². The molecule has 1 unspecified atom stereocenters. The number of rotatable bonds is 3. The molecule has 4 nitrogen and oxygen atoms in total. The number of nitrogens with zero attached hydrogens (tertiary/aromatic N) is 1. The number of carbonyl (C=O) groups is 2. The third kappa shape index (κ3) is 4.07. The van der Waals surface area contributed by atoms with Crippen molar-refractivity contribution in [1.82, 2.24) is 4.90 Å². The van der Waals surface area contributed by atoms with Gasteiger partial charge in [0, 0.05) is 19.5 Å². The maximum Gasteiger partial charge on any atom is 0.401 e. The number of hydrogen-bond donors (Lipinski definition) is 0. The maximum absolute atomic E-state index is 12.5. The van der Waals surface area contributed by atoms with Crippen LogP contribution in [0.2, 0.25) is 0 Å². The van der Waals surface area contributed by atoms with Gasteiger partial charge in [0.2, 0.25) is 0 Å². The Balaban J connectivity index is 2.12. The third-order valence-corrected chi connectivity index (χ3v) is 3.64. The fourth-order valence-electron chi connectivity index (χ4n) is 2.55. The van der Waals surface area contributed by atoms with Crippen LogP contribution in [0.4, 0.5) is 13.2 Å². The van der Waals surface area contributed by atoms with E-state index in [1.165, 1.54) is 24.1 Å². The van der Waals surface area contributed by atoms with Crippen molar-refractivity contribution in [3.63, 3.8) is 0 Å².